The van der Waals surface area contributed by atoms with Gasteiger partial charge in [0, 0.05) is 12.6 Å². The second-order valence-corrected chi connectivity index (χ2v) is 6.01. The highest BCUT2D eigenvalue weighted by Gasteiger charge is 2.06. The number of benzene rings is 1. The largest absolute Gasteiger partial charge is 0.361 e. The Morgan fingerprint density at radius 1 is 1.53 bits per heavy atom. The number of hydrogen-bond donors (Lipinski definition) is 1. The van der Waals surface area contributed by atoms with Crippen LogP contribution in [0.3, 0.4) is 0 Å². The van der Waals surface area contributed by atoms with Gasteiger partial charge < -0.3 is 5.32 Å². The second kappa shape index (κ2) is 5.69. The van der Waals surface area contributed by atoms with E-state index in [1.165, 1.54) is 12.1 Å². The summed E-state index contributed by atoms with van der Waals surface area (Å²) in [7, 11) is 0. The average Bonchev–Trinajstić information content (AvgIpc) is 2.68. The van der Waals surface area contributed by atoms with Gasteiger partial charge in [-0.2, -0.15) is 11.8 Å². The van der Waals surface area contributed by atoms with Crippen LogP contribution in [0.4, 0.5) is 9.52 Å². The van der Waals surface area contributed by atoms with Crippen molar-refractivity contribution in [1.29, 1.82) is 0 Å². The van der Waals surface area contributed by atoms with E-state index >= 15 is 0 Å². The van der Waals surface area contributed by atoms with Crippen molar-refractivity contribution in [3.05, 3.63) is 24.0 Å². The molecule has 0 aliphatic heterocycles. The summed E-state index contributed by atoms with van der Waals surface area (Å²) in [4.78, 5) is 4.37. The van der Waals surface area contributed by atoms with Crippen LogP contribution in [0.15, 0.2) is 18.2 Å². The van der Waals surface area contributed by atoms with Gasteiger partial charge in [0.05, 0.1) is 10.2 Å². The number of thiazole rings is 1. The van der Waals surface area contributed by atoms with E-state index in [0.29, 0.717) is 5.92 Å². The molecule has 1 unspecified atom stereocenters. The van der Waals surface area contributed by atoms with Gasteiger partial charge in [0.15, 0.2) is 5.13 Å². The van der Waals surface area contributed by atoms with Crippen molar-refractivity contribution in [1.82, 2.24) is 4.98 Å². The molecule has 1 aromatic heterocycles. The van der Waals surface area contributed by atoms with Crippen LogP contribution in [0.1, 0.15) is 6.92 Å². The molecule has 1 aromatic carbocycles. The molecule has 17 heavy (non-hydrogen) atoms. The first-order chi connectivity index (χ1) is 8.19. The lowest BCUT2D eigenvalue weighted by Crippen LogP contribution is -2.12. The number of aromatic nitrogens is 1. The second-order valence-electron chi connectivity index (χ2n) is 4.07. The van der Waals surface area contributed by atoms with E-state index in [-0.39, 0.29) is 5.82 Å². The molecule has 0 spiro atoms. The number of nitrogens with one attached hydrogen (secondary N) is 1. The Labute approximate surface area is 109 Å². The van der Waals surface area contributed by atoms with E-state index < -0.39 is 0 Å². The fourth-order valence-corrected chi connectivity index (χ4v) is 3.12. The molecule has 5 heteroatoms. The topological polar surface area (TPSA) is 24.9 Å². The van der Waals surface area contributed by atoms with Gasteiger partial charge in [-0.15, -0.1) is 0 Å². The molecule has 0 saturated carbocycles. The van der Waals surface area contributed by atoms with Gasteiger partial charge >= 0.3 is 0 Å². The Balaban J connectivity index is 2.04. The Hall–Kier alpha value is -0.810. The third-order valence-electron chi connectivity index (χ3n) is 2.40. The van der Waals surface area contributed by atoms with Gasteiger partial charge in [-0.1, -0.05) is 18.3 Å². The fraction of sp³-hybridized carbons (Fsp3) is 0.417. The third-order valence-corrected chi connectivity index (χ3v) is 4.30. The van der Waals surface area contributed by atoms with Crippen molar-refractivity contribution in [2.24, 2.45) is 5.92 Å². The summed E-state index contributed by atoms with van der Waals surface area (Å²) >= 11 is 3.42. The highest BCUT2D eigenvalue weighted by molar-refractivity contribution is 7.98. The highest BCUT2D eigenvalue weighted by Crippen LogP contribution is 2.26. The maximum absolute atomic E-state index is 13.0. The van der Waals surface area contributed by atoms with Crippen LogP contribution in [0.5, 0.6) is 0 Å². The summed E-state index contributed by atoms with van der Waals surface area (Å²) in [5, 5.41) is 4.18. The summed E-state index contributed by atoms with van der Waals surface area (Å²) in [5.74, 6) is 1.51. The van der Waals surface area contributed by atoms with Crippen LogP contribution in [-0.2, 0) is 0 Å². The minimum Gasteiger partial charge on any atom is -0.361 e. The Bertz CT molecular complexity index is 498. The Morgan fingerprint density at radius 3 is 3.12 bits per heavy atom. The van der Waals surface area contributed by atoms with Gasteiger partial charge in [-0.25, -0.2) is 9.37 Å². The fourth-order valence-electron chi connectivity index (χ4n) is 1.58. The van der Waals surface area contributed by atoms with Crippen molar-refractivity contribution in [3.8, 4) is 0 Å². The predicted octanol–water partition coefficient (Wildman–Crippen LogP) is 3.85. The van der Waals surface area contributed by atoms with E-state index in [1.807, 2.05) is 11.8 Å². The standard InChI is InChI=1S/C12H15FN2S2/c1-8(7-16-2)6-14-12-15-10-5-9(13)3-4-11(10)17-12/h3-5,8H,6-7H2,1-2H3,(H,14,15). The molecular weight excluding hydrogens is 255 g/mol. The molecule has 2 rings (SSSR count). The van der Waals surface area contributed by atoms with E-state index in [2.05, 4.69) is 23.5 Å². The predicted molar refractivity (Wildman–Crippen MR) is 75.6 cm³/mol. The zero-order valence-corrected chi connectivity index (χ0v) is 11.5. The van der Waals surface area contributed by atoms with Gasteiger partial charge in [0.1, 0.15) is 5.82 Å². The molecular formula is C12H15FN2S2. The normalized spacial score (nSPS) is 12.9. The Kier molecular flexibility index (Phi) is 4.23. The zero-order valence-electron chi connectivity index (χ0n) is 9.87. The summed E-state index contributed by atoms with van der Waals surface area (Å²) in [5.41, 5.74) is 0.731. The lowest BCUT2D eigenvalue weighted by atomic mass is 10.2. The number of hydrogen-bond acceptors (Lipinski definition) is 4. The first kappa shape index (κ1) is 12.6. The summed E-state index contributed by atoms with van der Waals surface area (Å²) in [6.07, 6.45) is 2.11. The Morgan fingerprint density at radius 2 is 2.35 bits per heavy atom. The number of halogens is 1. The van der Waals surface area contributed by atoms with Gasteiger partial charge in [-0.05, 0) is 30.1 Å². The molecule has 0 fully saturated rings. The van der Waals surface area contributed by atoms with Crippen LogP contribution in [0, 0.1) is 11.7 Å². The number of nitrogens with zero attached hydrogens (tertiary/aromatic N) is 1. The van der Waals surface area contributed by atoms with Crippen LogP contribution in [0.2, 0.25) is 0 Å². The molecule has 0 radical (unpaired) electrons. The average molecular weight is 270 g/mol. The molecule has 0 saturated heterocycles. The quantitative estimate of drug-likeness (QED) is 0.893. The molecule has 0 amide bonds. The number of rotatable bonds is 5. The SMILES string of the molecule is CSCC(C)CNc1nc2cc(F)ccc2s1. The maximum atomic E-state index is 13.0. The summed E-state index contributed by atoms with van der Waals surface area (Å²) in [6.45, 7) is 3.11. The van der Waals surface area contributed by atoms with Gasteiger partial charge in [0.25, 0.3) is 0 Å². The van der Waals surface area contributed by atoms with E-state index in [0.717, 1.165) is 27.6 Å². The van der Waals surface area contributed by atoms with E-state index in [4.69, 9.17) is 0 Å². The van der Waals surface area contributed by atoms with Crippen LogP contribution >= 0.6 is 23.1 Å². The summed E-state index contributed by atoms with van der Waals surface area (Å²) < 4.78 is 14.0. The molecule has 1 N–H and O–H groups in total. The molecule has 92 valence electrons. The maximum Gasteiger partial charge on any atom is 0.183 e. The third kappa shape index (κ3) is 3.33. The van der Waals surface area contributed by atoms with Crippen molar-refractivity contribution < 1.29 is 4.39 Å². The lowest BCUT2D eigenvalue weighted by Gasteiger charge is -2.09. The van der Waals surface area contributed by atoms with E-state index in [1.54, 1.807) is 17.4 Å². The molecule has 1 heterocycles. The van der Waals surface area contributed by atoms with Crippen LogP contribution in [0.25, 0.3) is 10.2 Å². The molecule has 1 atom stereocenters. The first-order valence-electron chi connectivity index (χ1n) is 5.48. The summed E-state index contributed by atoms with van der Waals surface area (Å²) in [6, 6.07) is 4.72. The van der Waals surface area contributed by atoms with Crippen molar-refractivity contribution in [2.75, 3.05) is 23.9 Å². The van der Waals surface area contributed by atoms with Crippen LogP contribution < -0.4 is 5.32 Å². The first-order valence-corrected chi connectivity index (χ1v) is 7.69. The van der Waals surface area contributed by atoms with Crippen molar-refractivity contribution in [3.63, 3.8) is 0 Å². The zero-order chi connectivity index (χ0) is 12.3. The molecule has 2 aromatic rings. The minimum atomic E-state index is -0.231. The minimum absolute atomic E-state index is 0.231. The monoisotopic (exact) mass is 270 g/mol. The molecule has 0 aliphatic carbocycles. The number of fused-ring (bicyclic) bond motifs is 1. The van der Waals surface area contributed by atoms with Gasteiger partial charge in [0.2, 0.25) is 0 Å². The van der Waals surface area contributed by atoms with E-state index in [9.17, 15) is 4.39 Å². The van der Waals surface area contributed by atoms with Crippen molar-refractivity contribution in [2.45, 2.75) is 6.92 Å². The molecule has 0 bridgehead atoms. The van der Waals surface area contributed by atoms with Crippen molar-refractivity contribution >= 4 is 38.4 Å². The smallest absolute Gasteiger partial charge is 0.183 e. The van der Waals surface area contributed by atoms with Crippen LogP contribution in [-0.4, -0.2) is 23.5 Å². The molecule has 2 nitrogen and oxygen atoms in total. The number of thioether (sulfide) groups is 1. The highest BCUT2D eigenvalue weighted by atomic mass is 32.2. The lowest BCUT2D eigenvalue weighted by molar-refractivity contribution is 0.629. The molecule has 0 aliphatic rings. The number of anilines is 1. The van der Waals surface area contributed by atoms with Gasteiger partial charge in [-0.3, -0.25) is 0 Å².